The number of ether oxygens (including phenoxy) is 1. The van der Waals surface area contributed by atoms with Crippen molar-refractivity contribution in [1.29, 1.82) is 0 Å². The second-order valence-electron chi connectivity index (χ2n) is 5.35. The molecule has 0 saturated carbocycles. The molecular formula is C13H21N7O. The molecule has 1 aliphatic rings. The van der Waals surface area contributed by atoms with Crippen LogP contribution >= 0.6 is 0 Å². The van der Waals surface area contributed by atoms with Crippen molar-refractivity contribution in [3.05, 3.63) is 12.1 Å². The van der Waals surface area contributed by atoms with Crippen molar-refractivity contribution in [2.45, 2.75) is 12.8 Å². The van der Waals surface area contributed by atoms with E-state index in [1.54, 1.807) is 7.11 Å². The summed E-state index contributed by atoms with van der Waals surface area (Å²) in [5, 5.41) is 19.2. The first kappa shape index (κ1) is 14.2. The van der Waals surface area contributed by atoms with Gasteiger partial charge in [0.25, 0.3) is 0 Å². The highest BCUT2D eigenvalue weighted by Gasteiger charge is 2.20. The molecule has 2 aromatic heterocycles. The van der Waals surface area contributed by atoms with Crippen LogP contribution < -0.4 is 10.2 Å². The monoisotopic (exact) mass is 291 g/mol. The fraction of sp³-hybridized carbons (Fsp3) is 0.692. The molecule has 8 nitrogen and oxygen atoms in total. The lowest BCUT2D eigenvalue weighted by Crippen LogP contribution is -2.38. The summed E-state index contributed by atoms with van der Waals surface area (Å²) in [7, 11) is 1.73. The normalized spacial score (nSPS) is 16.7. The second kappa shape index (κ2) is 6.77. The highest BCUT2D eigenvalue weighted by Crippen LogP contribution is 2.21. The quantitative estimate of drug-likeness (QED) is 0.749. The molecule has 8 heteroatoms. The molecule has 2 aromatic rings. The first-order valence-electron chi connectivity index (χ1n) is 7.37. The third kappa shape index (κ3) is 3.45. The predicted molar refractivity (Wildman–Crippen MR) is 78.3 cm³/mol. The van der Waals surface area contributed by atoms with Crippen molar-refractivity contribution in [3.8, 4) is 0 Å². The zero-order valence-corrected chi connectivity index (χ0v) is 12.3. The molecule has 0 atom stereocenters. The average Bonchev–Trinajstić information content (AvgIpc) is 3.00. The summed E-state index contributed by atoms with van der Waals surface area (Å²) in [6.45, 7) is 4.81. The van der Waals surface area contributed by atoms with Crippen LogP contribution in [0.1, 0.15) is 12.8 Å². The van der Waals surface area contributed by atoms with E-state index >= 15 is 0 Å². The molecule has 3 rings (SSSR count). The standard InChI is InChI=1S/C13H21N7O/c1-21-9-6-14-10-11-4-7-19(8-5-11)13-3-2-12-15-17-18-20(12)16-13/h2-3,11,14H,4-10H2,1H3. The number of anilines is 1. The van der Waals surface area contributed by atoms with Crippen LogP contribution in [-0.2, 0) is 4.74 Å². The zero-order chi connectivity index (χ0) is 14.5. The molecule has 0 radical (unpaired) electrons. The van der Waals surface area contributed by atoms with Gasteiger partial charge in [0.2, 0.25) is 0 Å². The van der Waals surface area contributed by atoms with E-state index < -0.39 is 0 Å². The van der Waals surface area contributed by atoms with Crippen LogP contribution in [0.25, 0.3) is 5.65 Å². The Labute approximate surface area is 123 Å². The summed E-state index contributed by atoms with van der Waals surface area (Å²) in [4.78, 5) is 2.30. The van der Waals surface area contributed by atoms with Crippen LogP contribution in [0.4, 0.5) is 5.82 Å². The number of piperidine rings is 1. The number of tetrazole rings is 1. The summed E-state index contributed by atoms with van der Waals surface area (Å²) in [6.07, 6.45) is 2.35. The van der Waals surface area contributed by atoms with E-state index in [1.165, 1.54) is 17.5 Å². The predicted octanol–water partition coefficient (Wildman–Crippen LogP) is -0.0283. The first-order chi connectivity index (χ1) is 10.4. The van der Waals surface area contributed by atoms with Gasteiger partial charge in [-0.25, -0.2) is 0 Å². The molecule has 1 saturated heterocycles. The fourth-order valence-electron chi connectivity index (χ4n) is 2.66. The third-order valence-corrected chi connectivity index (χ3v) is 3.91. The van der Waals surface area contributed by atoms with Gasteiger partial charge in [-0.05, 0) is 47.9 Å². The van der Waals surface area contributed by atoms with Crippen LogP contribution in [0.2, 0.25) is 0 Å². The lowest BCUT2D eigenvalue weighted by atomic mass is 9.97. The van der Waals surface area contributed by atoms with E-state index in [-0.39, 0.29) is 0 Å². The maximum atomic E-state index is 5.04. The van der Waals surface area contributed by atoms with Crippen molar-refractivity contribution < 1.29 is 4.74 Å². The third-order valence-electron chi connectivity index (χ3n) is 3.91. The van der Waals surface area contributed by atoms with Crippen molar-refractivity contribution in [2.24, 2.45) is 5.92 Å². The number of nitrogens with one attached hydrogen (secondary N) is 1. The minimum atomic E-state index is 0.677. The fourth-order valence-corrected chi connectivity index (χ4v) is 2.66. The van der Waals surface area contributed by atoms with E-state index in [2.05, 4.69) is 30.8 Å². The molecule has 3 heterocycles. The lowest BCUT2D eigenvalue weighted by Gasteiger charge is -2.32. The Kier molecular flexibility index (Phi) is 4.56. The molecule has 0 amide bonds. The molecular weight excluding hydrogens is 270 g/mol. The molecule has 0 unspecified atom stereocenters. The first-order valence-corrected chi connectivity index (χ1v) is 7.37. The summed E-state index contributed by atoms with van der Waals surface area (Å²) in [6, 6.07) is 3.89. The van der Waals surface area contributed by atoms with Gasteiger partial charge in [-0.2, -0.15) is 0 Å². The van der Waals surface area contributed by atoms with Gasteiger partial charge in [-0.3, -0.25) is 0 Å². The summed E-state index contributed by atoms with van der Waals surface area (Å²) >= 11 is 0. The molecule has 0 aromatic carbocycles. The average molecular weight is 291 g/mol. The van der Waals surface area contributed by atoms with Crippen molar-refractivity contribution in [2.75, 3.05) is 44.8 Å². The van der Waals surface area contributed by atoms with Gasteiger partial charge >= 0.3 is 0 Å². The second-order valence-corrected chi connectivity index (χ2v) is 5.35. The summed E-state index contributed by atoms with van der Waals surface area (Å²) in [5.41, 5.74) is 0.677. The number of rotatable bonds is 6. The topological polar surface area (TPSA) is 80.5 Å². The largest absolute Gasteiger partial charge is 0.383 e. The molecule has 0 bridgehead atoms. The molecule has 1 fully saturated rings. The number of aromatic nitrogens is 5. The number of methoxy groups -OCH3 is 1. The maximum Gasteiger partial charge on any atom is 0.200 e. The van der Waals surface area contributed by atoms with Crippen LogP contribution in [-0.4, -0.2) is 65.1 Å². The number of hydrogen-bond acceptors (Lipinski definition) is 7. The van der Waals surface area contributed by atoms with Crippen molar-refractivity contribution in [3.63, 3.8) is 0 Å². The molecule has 21 heavy (non-hydrogen) atoms. The van der Waals surface area contributed by atoms with Crippen LogP contribution in [0, 0.1) is 5.92 Å². The van der Waals surface area contributed by atoms with Crippen molar-refractivity contribution in [1.82, 2.24) is 30.6 Å². The van der Waals surface area contributed by atoms with E-state index in [4.69, 9.17) is 4.74 Å². The Morgan fingerprint density at radius 2 is 2.19 bits per heavy atom. The van der Waals surface area contributed by atoms with Gasteiger partial charge in [0, 0.05) is 26.7 Å². The van der Waals surface area contributed by atoms with E-state index in [1.807, 2.05) is 12.1 Å². The molecule has 0 aliphatic carbocycles. The zero-order valence-electron chi connectivity index (χ0n) is 12.3. The van der Waals surface area contributed by atoms with Crippen LogP contribution in [0.3, 0.4) is 0 Å². The molecule has 1 aliphatic heterocycles. The number of fused-ring (bicyclic) bond motifs is 1. The van der Waals surface area contributed by atoms with Gasteiger partial charge < -0.3 is 15.0 Å². The van der Waals surface area contributed by atoms with Crippen LogP contribution in [0.15, 0.2) is 12.1 Å². The Balaban J connectivity index is 1.50. The highest BCUT2D eigenvalue weighted by atomic mass is 16.5. The van der Waals surface area contributed by atoms with Gasteiger partial charge in [-0.15, -0.1) is 14.8 Å². The van der Waals surface area contributed by atoms with E-state index in [0.29, 0.717) is 5.65 Å². The maximum absolute atomic E-state index is 5.04. The SMILES string of the molecule is COCCNCC1CCN(c2ccc3nnnn3n2)CC1. The number of nitrogens with zero attached hydrogens (tertiary/aromatic N) is 6. The minimum absolute atomic E-state index is 0.677. The summed E-state index contributed by atoms with van der Waals surface area (Å²) in [5.74, 6) is 1.68. The highest BCUT2D eigenvalue weighted by molar-refractivity contribution is 5.44. The van der Waals surface area contributed by atoms with Gasteiger partial charge in [-0.1, -0.05) is 0 Å². The molecule has 114 valence electrons. The van der Waals surface area contributed by atoms with Gasteiger partial charge in [0.15, 0.2) is 11.5 Å². The minimum Gasteiger partial charge on any atom is -0.383 e. The lowest BCUT2D eigenvalue weighted by molar-refractivity contribution is 0.196. The Morgan fingerprint density at radius 3 is 3.00 bits per heavy atom. The Morgan fingerprint density at radius 1 is 1.33 bits per heavy atom. The van der Waals surface area contributed by atoms with Crippen molar-refractivity contribution >= 4 is 11.5 Å². The summed E-state index contributed by atoms with van der Waals surface area (Å²) < 4.78 is 6.52. The van der Waals surface area contributed by atoms with Gasteiger partial charge in [0.1, 0.15) is 0 Å². The Hall–Kier alpha value is -1.80. The number of hydrogen-bond donors (Lipinski definition) is 1. The Bertz CT molecular complexity index is 564. The molecule has 1 N–H and O–H groups in total. The van der Waals surface area contributed by atoms with E-state index in [0.717, 1.165) is 44.5 Å². The van der Waals surface area contributed by atoms with Crippen LogP contribution in [0.5, 0.6) is 0 Å². The van der Waals surface area contributed by atoms with E-state index in [9.17, 15) is 0 Å². The van der Waals surface area contributed by atoms with Gasteiger partial charge in [0.05, 0.1) is 6.61 Å². The smallest absolute Gasteiger partial charge is 0.200 e. The molecule has 0 spiro atoms.